The number of aryl methyl sites for hydroxylation is 2. The highest BCUT2D eigenvalue weighted by Gasteiger charge is 2.54. The van der Waals surface area contributed by atoms with Gasteiger partial charge in [-0.25, -0.2) is 4.39 Å². The monoisotopic (exact) mass is 647 g/mol. The van der Waals surface area contributed by atoms with Gasteiger partial charge in [-0.3, -0.25) is 14.4 Å². The molecular formula is C36H34FN7O4. The Kier molecular flexibility index (Phi) is 7.80. The van der Waals surface area contributed by atoms with Crippen LogP contribution < -0.4 is 16.8 Å². The number of likely N-dealkylation sites (tertiary alicyclic amines) is 1. The molecule has 1 aromatic heterocycles. The van der Waals surface area contributed by atoms with Crippen molar-refractivity contribution in [3.8, 4) is 17.5 Å². The lowest BCUT2D eigenvalue weighted by Crippen LogP contribution is -2.46. The summed E-state index contributed by atoms with van der Waals surface area (Å²) >= 11 is 0. The number of piperidine rings is 1. The standard InChI is InChI=1S/C36H34FN7O4/c1-19(41-18-31(45)44-27(17-38)14-25-15-30(25)44)16-36(35-43-42-34(48-35)20-4-8-26(37)9-5-20)28-10-6-23(32(39)46)12-21(28)2-3-22-13-24(33(40)47)7-11-29(22)36/h4-13,19,25,27,30,41H,2-3,14-16,18H2,1H3,(H2,39,46)(H2,40,47)/t19-,25+,27-,30-/m0/s1. The summed E-state index contributed by atoms with van der Waals surface area (Å²) in [7, 11) is 0. The van der Waals surface area contributed by atoms with E-state index in [2.05, 4.69) is 21.6 Å². The van der Waals surface area contributed by atoms with Crippen LogP contribution in [0, 0.1) is 23.1 Å². The number of hydrogen-bond acceptors (Lipinski definition) is 8. The van der Waals surface area contributed by atoms with E-state index in [1.165, 1.54) is 12.1 Å². The van der Waals surface area contributed by atoms with Crippen molar-refractivity contribution in [3.05, 3.63) is 106 Å². The second-order valence-corrected chi connectivity index (χ2v) is 13.0. The van der Waals surface area contributed by atoms with Gasteiger partial charge in [0.15, 0.2) is 0 Å². The lowest BCUT2D eigenvalue weighted by Gasteiger charge is -2.36. The second kappa shape index (κ2) is 12.0. The average molecular weight is 648 g/mol. The largest absolute Gasteiger partial charge is 0.419 e. The Morgan fingerprint density at radius 3 is 2.21 bits per heavy atom. The molecule has 48 heavy (non-hydrogen) atoms. The normalized spacial score (nSPS) is 20.9. The average Bonchev–Trinajstić information content (AvgIpc) is 3.51. The topological polar surface area (TPSA) is 181 Å². The Labute approximate surface area is 276 Å². The number of benzene rings is 3. The molecule has 0 spiro atoms. The van der Waals surface area contributed by atoms with Gasteiger partial charge in [0.1, 0.15) is 17.3 Å². The fraction of sp³-hybridized carbons (Fsp3) is 0.333. The molecule has 0 unspecified atom stereocenters. The number of carbonyl (C=O) groups excluding carboxylic acids is 3. The van der Waals surface area contributed by atoms with Gasteiger partial charge in [0, 0.05) is 28.8 Å². The molecule has 1 saturated heterocycles. The molecule has 5 N–H and O–H groups in total. The van der Waals surface area contributed by atoms with E-state index in [0.717, 1.165) is 28.7 Å². The molecule has 3 aromatic carbocycles. The molecule has 11 nitrogen and oxygen atoms in total. The van der Waals surface area contributed by atoms with Gasteiger partial charge in [0.2, 0.25) is 29.5 Å². The van der Waals surface area contributed by atoms with Crippen molar-refractivity contribution in [2.24, 2.45) is 17.4 Å². The number of nitriles is 1. The van der Waals surface area contributed by atoms with Crippen LogP contribution in [0.25, 0.3) is 11.5 Å². The first kappa shape index (κ1) is 31.2. The fourth-order valence-corrected chi connectivity index (χ4v) is 7.61. The number of rotatable bonds is 9. The predicted octanol–water partition coefficient (Wildman–Crippen LogP) is 3.39. The lowest BCUT2D eigenvalue weighted by atomic mass is 9.68. The van der Waals surface area contributed by atoms with Crippen LogP contribution in [0.5, 0.6) is 0 Å². The SMILES string of the molecule is C[C@@H](CC1(c2nnc(-c3ccc(F)cc3)o2)c2ccc(C(N)=O)cc2CCc2cc(C(N)=O)ccc21)NCC(=O)N1[C@H](C#N)C[C@@H]2C[C@@H]21. The summed E-state index contributed by atoms with van der Waals surface area (Å²) in [6.45, 7) is 1.99. The van der Waals surface area contributed by atoms with Gasteiger partial charge in [-0.1, -0.05) is 12.1 Å². The van der Waals surface area contributed by atoms with E-state index in [4.69, 9.17) is 15.9 Å². The first-order valence-corrected chi connectivity index (χ1v) is 16.0. The third kappa shape index (κ3) is 5.40. The third-order valence-corrected chi connectivity index (χ3v) is 10.00. The van der Waals surface area contributed by atoms with Crippen molar-refractivity contribution in [3.63, 3.8) is 0 Å². The van der Waals surface area contributed by atoms with Crippen LogP contribution in [-0.4, -0.2) is 57.5 Å². The van der Waals surface area contributed by atoms with E-state index in [9.17, 15) is 24.0 Å². The maximum absolute atomic E-state index is 13.8. The summed E-state index contributed by atoms with van der Waals surface area (Å²) < 4.78 is 20.2. The minimum absolute atomic E-state index is 0.0320. The van der Waals surface area contributed by atoms with Gasteiger partial charge in [0.25, 0.3) is 0 Å². The van der Waals surface area contributed by atoms with Gasteiger partial charge < -0.3 is 26.1 Å². The minimum atomic E-state index is -1.13. The molecule has 2 aliphatic carbocycles. The summed E-state index contributed by atoms with van der Waals surface area (Å²) in [4.78, 5) is 39.7. The fourth-order valence-electron chi connectivity index (χ4n) is 7.61. The van der Waals surface area contributed by atoms with Crippen LogP contribution in [0.15, 0.2) is 65.1 Å². The Bertz CT molecular complexity index is 1920. The maximum Gasteiger partial charge on any atom is 0.248 e. The second-order valence-electron chi connectivity index (χ2n) is 13.0. The van der Waals surface area contributed by atoms with Crippen LogP contribution in [-0.2, 0) is 23.1 Å². The van der Waals surface area contributed by atoms with Crippen molar-refractivity contribution >= 4 is 17.7 Å². The van der Waals surface area contributed by atoms with E-state index in [-0.39, 0.29) is 36.3 Å². The number of nitrogens with one attached hydrogen (secondary N) is 1. The summed E-state index contributed by atoms with van der Waals surface area (Å²) in [5.74, 6) is -0.827. The first-order valence-electron chi connectivity index (χ1n) is 16.0. The molecule has 0 bridgehead atoms. The lowest BCUT2D eigenvalue weighted by molar-refractivity contribution is -0.131. The van der Waals surface area contributed by atoms with E-state index in [1.54, 1.807) is 41.3 Å². The molecule has 3 amide bonds. The van der Waals surface area contributed by atoms with Gasteiger partial charge in [-0.05, 0) is 116 Å². The van der Waals surface area contributed by atoms with Gasteiger partial charge in [-0.2, -0.15) is 5.26 Å². The molecule has 4 aromatic rings. The zero-order valence-electron chi connectivity index (χ0n) is 26.3. The molecule has 12 heteroatoms. The number of carbonyl (C=O) groups is 3. The molecule has 4 atom stereocenters. The van der Waals surface area contributed by atoms with Crippen molar-refractivity contribution in [1.29, 1.82) is 5.26 Å². The Morgan fingerprint density at radius 1 is 1.00 bits per heavy atom. The number of amides is 3. The number of nitrogens with zero attached hydrogens (tertiary/aromatic N) is 4. The van der Waals surface area contributed by atoms with Gasteiger partial charge in [-0.15, -0.1) is 10.2 Å². The van der Waals surface area contributed by atoms with Crippen LogP contribution in [0.3, 0.4) is 0 Å². The first-order chi connectivity index (χ1) is 23.1. The zero-order chi connectivity index (χ0) is 33.7. The van der Waals surface area contributed by atoms with Crippen LogP contribution >= 0.6 is 0 Å². The Morgan fingerprint density at radius 2 is 1.62 bits per heavy atom. The minimum Gasteiger partial charge on any atom is -0.419 e. The third-order valence-electron chi connectivity index (χ3n) is 10.00. The molecule has 2 heterocycles. The van der Waals surface area contributed by atoms with Gasteiger partial charge >= 0.3 is 0 Å². The van der Waals surface area contributed by atoms with E-state index >= 15 is 0 Å². The van der Waals surface area contributed by atoms with Crippen LogP contribution in [0.1, 0.15) is 75.0 Å². The zero-order valence-corrected chi connectivity index (χ0v) is 26.3. The summed E-state index contributed by atoms with van der Waals surface area (Å²) in [5, 5.41) is 22.0. The van der Waals surface area contributed by atoms with Crippen molar-refractivity contribution in [2.75, 3.05) is 6.54 Å². The number of aromatic nitrogens is 2. The van der Waals surface area contributed by atoms with Crippen LogP contribution in [0.4, 0.5) is 4.39 Å². The Balaban J connectivity index is 1.34. The molecule has 244 valence electrons. The van der Waals surface area contributed by atoms with Crippen molar-refractivity contribution in [2.45, 2.75) is 62.6 Å². The molecule has 1 aliphatic heterocycles. The van der Waals surface area contributed by atoms with E-state index < -0.39 is 29.1 Å². The highest BCUT2D eigenvalue weighted by molar-refractivity contribution is 5.94. The number of primary amides is 2. The molecule has 3 aliphatic rings. The number of nitrogens with two attached hydrogens (primary N) is 2. The van der Waals surface area contributed by atoms with Crippen LogP contribution in [0.2, 0.25) is 0 Å². The quantitative estimate of drug-likeness (QED) is 0.247. The highest BCUT2D eigenvalue weighted by Crippen LogP contribution is 2.49. The molecule has 7 rings (SSSR count). The van der Waals surface area contributed by atoms with Crippen molar-refractivity contribution in [1.82, 2.24) is 20.4 Å². The van der Waals surface area contributed by atoms with E-state index in [1.807, 2.05) is 19.1 Å². The molecule has 1 saturated carbocycles. The van der Waals surface area contributed by atoms with E-state index in [0.29, 0.717) is 48.3 Å². The highest BCUT2D eigenvalue weighted by atomic mass is 19.1. The molecule has 0 radical (unpaired) electrons. The smallest absolute Gasteiger partial charge is 0.248 e. The van der Waals surface area contributed by atoms with Crippen molar-refractivity contribution < 1.29 is 23.2 Å². The number of hydrogen-bond donors (Lipinski definition) is 3. The Hall–Kier alpha value is -5.41. The maximum atomic E-state index is 13.8. The van der Waals surface area contributed by atoms with Gasteiger partial charge in [0.05, 0.1) is 12.6 Å². The number of halogens is 1. The summed E-state index contributed by atoms with van der Waals surface area (Å²) in [5.41, 5.74) is 14.7. The molecular weight excluding hydrogens is 613 g/mol. The molecule has 2 fully saturated rings. The predicted molar refractivity (Wildman–Crippen MR) is 172 cm³/mol. The summed E-state index contributed by atoms with van der Waals surface area (Å²) in [6.07, 6.45) is 3.00. The summed E-state index contributed by atoms with van der Waals surface area (Å²) in [6, 6.07) is 18.0. The number of fused-ring (bicyclic) bond motifs is 3.